The Labute approximate surface area is 219 Å². The standard InChI is InChI=1S/C27H26Cl2N4OS/c1-18-5-10-24-25(15-18)35-27(31-24)19-6-8-20(9-7-19)30-26(34)17-33-13-11-32(12-14-33)16-21-22(28)3-2-4-23(21)29/h2-10,15H,11-14,16-17H2,1H3,(H,30,34). The Hall–Kier alpha value is -2.48. The summed E-state index contributed by atoms with van der Waals surface area (Å²) in [6, 6.07) is 19.8. The summed E-state index contributed by atoms with van der Waals surface area (Å²) in [6.07, 6.45) is 0. The summed E-state index contributed by atoms with van der Waals surface area (Å²) in [5.74, 6) is -0.00388. The quantitative estimate of drug-likeness (QED) is 0.320. The van der Waals surface area contributed by atoms with Gasteiger partial charge >= 0.3 is 0 Å². The molecule has 0 aliphatic carbocycles. The summed E-state index contributed by atoms with van der Waals surface area (Å²) in [5.41, 5.74) is 5.06. The molecule has 4 aromatic rings. The zero-order valence-corrected chi connectivity index (χ0v) is 21.8. The van der Waals surface area contributed by atoms with Gasteiger partial charge in [0.1, 0.15) is 5.01 Å². The monoisotopic (exact) mass is 524 g/mol. The Morgan fingerprint density at radius 1 is 0.971 bits per heavy atom. The van der Waals surface area contributed by atoms with E-state index in [4.69, 9.17) is 28.2 Å². The molecule has 5 rings (SSSR count). The predicted molar refractivity (Wildman–Crippen MR) is 147 cm³/mol. The number of anilines is 1. The normalized spacial score (nSPS) is 14.9. The van der Waals surface area contributed by atoms with Gasteiger partial charge in [-0.25, -0.2) is 4.98 Å². The number of carbonyl (C=O) groups excluding carboxylic acids is 1. The molecule has 1 fully saturated rings. The molecule has 1 saturated heterocycles. The van der Waals surface area contributed by atoms with Crippen LogP contribution in [0.1, 0.15) is 11.1 Å². The number of carbonyl (C=O) groups is 1. The lowest BCUT2D eigenvalue weighted by atomic mass is 10.2. The molecule has 180 valence electrons. The number of hydrogen-bond acceptors (Lipinski definition) is 5. The third kappa shape index (κ3) is 5.85. The number of fused-ring (bicyclic) bond motifs is 1. The van der Waals surface area contributed by atoms with Crippen LogP contribution < -0.4 is 5.32 Å². The molecule has 1 aliphatic rings. The molecule has 0 radical (unpaired) electrons. The molecular formula is C27H26Cl2N4OS. The number of amides is 1. The van der Waals surface area contributed by atoms with Crippen LogP contribution in [0.3, 0.4) is 0 Å². The van der Waals surface area contributed by atoms with Crippen molar-refractivity contribution in [2.45, 2.75) is 13.5 Å². The maximum absolute atomic E-state index is 12.6. The van der Waals surface area contributed by atoms with Crippen molar-refractivity contribution in [1.82, 2.24) is 14.8 Å². The van der Waals surface area contributed by atoms with Crippen LogP contribution in [0.4, 0.5) is 5.69 Å². The number of piperazine rings is 1. The van der Waals surface area contributed by atoms with Gasteiger partial charge in [-0.05, 0) is 61.0 Å². The minimum Gasteiger partial charge on any atom is -0.325 e. The lowest BCUT2D eigenvalue weighted by Crippen LogP contribution is -2.48. The van der Waals surface area contributed by atoms with Crippen molar-refractivity contribution in [3.63, 3.8) is 0 Å². The van der Waals surface area contributed by atoms with Crippen molar-refractivity contribution < 1.29 is 4.79 Å². The molecule has 0 atom stereocenters. The highest BCUT2D eigenvalue weighted by Gasteiger charge is 2.20. The number of aromatic nitrogens is 1. The van der Waals surface area contributed by atoms with Gasteiger partial charge in [0, 0.05) is 59.6 Å². The molecule has 1 aromatic heterocycles. The largest absolute Gasteiger partial charge is 0.325 e. The zero-order valence-electron chi connectivity index (χ0n) is 19.4. The highest BCUT2D eigenvalue weighted by Crippen LogP contribution is 2.31. The summed E-state index contributed by atoms with van der Waals surface area (Å²) >= 11 is 14.3. The molecule has 1 aliphatic heterocycles. The maximum Gasteiger partial charge on any atom is 0.238 e. The molecule has 0 spiro atoms. The smallest absolute Gasteiger partial charge is 0.238 e. The van der Waals surface area contributed by atoms with Crippen LogP contribution in [0.15, 0.2) is 60.7 Å². The first-order valence-electron chi connectivity index (χ1n) is 11.6. The Morgan fingerprint density at radius 3 is 2.37 bits per heavy atom. The Balaban J connectivity index is 1.12. The lowest BCUT2D eigenvalue weighted by molar-refractivity contribution is -0.117. The van der Waals surface area contributed by atoms with Crippen molar-refractivity contribution in [3.05, 3.63) is 81.8 Å². The Kier molecular flexibility index (Phi) is 7.37. The summed E-state index contributed by atoms with van der Waals surface area (Å²) < 4.78 is 1.19. The highest BCUT2D eigenvalue weighted by atomic mass is 35.5. The fourth-order valence-corrected chi connectivity index (χ4v) is 5.85. The van der Waals surface area contributed by atoms with E-state index in [1.165, 1.54) is 10.3 Å². The van der Waals surface area contributed by atoms with Gasteiger partial charge in [0.05, 0.1) is 16.8 Å². The van der Waals surface area contributed by atoms with Crippen molar-refractivity contribution in [2.75, 3.05) is 38.0 Å². The van der Waals surface area contributed by atoms with Crippen LogP contribution >= 0.6 is 34.5 Å². The molecule has 0 bridgehead atoms. The summed E-state index contributed by atoms with van der Waals surface area (Å²) in [4.78, 5) is 21.9. The second kappa shape index (κ2) is 10.6. The third-order valence-corrected chi connectivity index (χ3v) is 8.01. The third-order valence-electron chi connectivity index (χ3n) is 6.24. The number of benzene rings is 3. The van der Waals surface area contributed by atoms with Crippen LogP contribution in [-0.2, 0) is 11.3 Å². The molecule has 35 heavy (non-hydrogen) atoms. The van der Waals surface area contributed by atoms with Crippen LogP contribution in [0.2, 0.25) is 10.0 Å². The molecule has 1 amide bonds. The molecule has 2 heterocycles. The van der Waals surface area contributed by atoms with Gasteiger partial charge in [0.15, 0.2) is 0 Å². The summed E-state index contributed by atoms with van der Waals surface area (Å²) in [7, 11) is 0. The number of aryl methyl sites for hydroxylation is 1. The topological polar surface area (TPSA) is 48.5 Å². The zero-order chi connectivity index (χ0) is 24.4. The second-order valence-corrected chi connectivity index (χ2v) is 10.7. The molecule has 0 saturated carbocycles. The Bertz CT molecular complexity index is 1330. The fourth-order valence-electron chi connectivity index (χ4n) is 4.27. The number of halogens is 2. The van der Waals surface area contributed by atoms with Gasteiger partial charge in [-0.3, -0.25) is 14.6 Å². The molecule has 0 unspecified atom stereocenters. The van der Waals surface area contributed by atoms with Gasteiger partial charge in [-0.2, -0.15) is 0 Å². The summed E-state index contributed by atoms with van der Waals surface area (Å²) in [5, 5.41) is 5.40. The second-order valence-electron chi connectivity index (χ2n) is 8.87. The van der Waals surface area contributed by atoms with E-state index in [9.17, 15) is 4.79 Å². The van der Waals surface area contributed by atoms with Gasteiger partial charge in [0.2, 0.25) is 5.91 Å². The first-order valence-corrected chi connectivity index (χ1v) is 13.2. The number of nitrogens with zero attached hydrogens (tertiary/aromatic N) is 3. The average Bonchev–Trinajstić information content (AvgIpc) is 3.26. The van der Waals surface area contributed by atoms with Crippen LogP contribution in [-0.4, -0.2) is 53.4 Å². The molecular weight excluding hydrogens is 499 g/mol. The number of thiazole rings is 1. The van der Waals surface area contributed by atoms with Crippen LogP contribution in [0, 0.1) is 6.92 Å². The molecule has 1 N–H and O–H groups in total. The minimum absolute atomic E-state index is 0.00388. The Morgan fingerprint density at radius 2 is 1.66 bits per heavy atom. The van der Waals surface area contributed by atoms with Gasteiger partial charge in [0.25, 0.3) is 0 Å². The number of nitrogens with one attached hydrogen (secondary N) is 1. The van der Waals surface area contributed by atoms with E-state index in [1.54, 1.807) is 11.3 Å². The van der Waals surface area contributed by atoms with Crippen LogP contribution in [0.5, 0.6) is 0 Å². The number of rotatable bonds is 6. The maximum atomic E-state index is 12.6. The van der Waals surface area contributed by atoms with Crippen molar-refractivity contribution in [2.24, 2.45) is 0 Å². The van der Waals surface area contributed by atoms with Crippen LogP contribution in [0.25, 0.3) is 20.8 Å². The van der Waals surface area contributed by atoms with Crippen molar-refractivity contribution >= 4 is 56.3 Å². The molecule has 5 nitrogen and oxygen atoms in total. The van der Waals surface area contributed by atoms with E-state index in [2.05, 4.69) is 40.2 Å². The summed E-state index contributed by atoms with van der Waals surface area (Å²) in [6.45, 7) is 6.57. The highest BCUT2D eigenvalue weighted by molar-refractivity contribution is 7.21. The van der Waals surface area contributed by atoms with Gasteiger partial charge in [-0.1, -0.05) is 35.3 Å². The van der Waals surface area contributed by atoms with Gasteiger partial charge < -0.3 is 5.32 Å². The van der Waals surface area contributed by atoms with E-state index in [0.717, 1.165) is 60.1 Å². The van der Waals surface area contributed by atoms with E-state index >= 15 is 0 Å². The first-order chi connectivity index (χ1) is 16.9. The first kappa shape index (κ1) is 24.2. The van der Waals surface area contributed by atoms with Gasteiger partial charge in [-0.15, -0.1) is 11.3 Å². The van der Waals surface area contributed by atoms with E-state index in [0.29, 0.717) is 16.6 Å². The number of hydrogen-bond donors (Lipinski definition) is 1. The van der Waals surface area contributed by atoms with E-state index < -0.39 is 0 Å². The minimum atomic E-state index is -0.00388. The average molecular weight is 526 g/mol. The fraction of sp³-hybridized carbons (Fsp3) is 0.259. The SMILES string of the molecule is Cc1ccc2nc(-c3ccc(NC(=O)CN4CCN(Cc5c(Cl)cccc5Cl)CC4)cc3)sc2c1. The van der Waals surface area contributed by atoms with E-state index in [-0.39, 0.29) is 5.91 Å². The van der Waals surface area contributed by atoms with Crippen molar-refractivity contribution in [3.8, 4) is 10.6 Å². The van der Waals surface area contributed by atoms with Crippen molar-refractivity contribution in [1.29, 1.82) is 0 Å². The molecule has 3 aromatic carbocycles. The lowest BCUT2D eigenvalue weighted by Gasteiger charge is -2.34. The molecule has 8 heteroatoms. The van der Waals surface area contributed by atoms with E-state index in [1.807, 2.05) is 42.5 Å². The predicted octanol–water partition coefficient (Wildman–Crippen LogP) is 6.33.